The molecule has 140 valence electrons. The third-order valence-electron chi connectivity index (χ3n) is 3.73. The van der Waals surface area contributed by atoms with Gasteiger partial charge in [-0.2, -0.15) is 0 Å². The fourth-order valence-corrected chi connectivity index (χ4v) is 2.61. The fourth-order valence-electron chi connectivity index (χ4n) is 2.35. The number of nitrogen functional groups attached to an aromatic ring is 1. The monoisotopic (exact) mass is 376 g/mol. The second kappa shape index (κ2) is 9.34. The molecule has 0 aliphatic heterocycles. The van der Waals surface area contributed by atoms with Gasteiger partial charge in [-0.25, -0.2) is 0 Å². The van der Waals surface area contributed by atoms with Gasteiger partial charge in [0.2, 0.25) is 0 Å². The van der Waals surface area contributed by atoms with E-state index in [4.69, 9.17) is 26.8 Å². The minimum atomic E-state index is -0.212. The lowest BCUT2D eigenvalue weighted by Crippen LogP contribution is -2.25. The average Bonchev–Trinajstić information content (AvgIpc) is 2.61. The third-order valence-corrected chi connectivity index (χ3v) is 4.01. The zero-order valence-corrected chi connectivity index (χ0v) is 16.1. The van der Waals surface area contributed by atoms with Gasteiger partial charge in [-0.15, -0.1) is 0 Å². The van der Waals surface area contributed by atoms with E-state index in [0.29, 0.717) is 47.6 Å². The minimum Gasteiger partial charge on any atom is -0.493 e. The summed E-state index contributed by atoms with van der Waals surface area (Å²) in [6, 6.07) is 10.8. The number of carbonyl (C=O) groups is 1. The van der Waals surface area contributed by atoms with Gasteiger partial charge in [0.1, 0.15) is 0 Å². The number of methoxy groups -OCH3 is 1. The van der Waals surface area contributed by atoms with Crippen LogP contribution in [0.25, 0.3) is 0 Å². The first-order chi connectivity index (χ1) is 12.4. The topological polar surface area (TPSA) is 73.6 Å². The summed E-state index contributed by atoms with van der Waals surface area (Å²) in [4.78, 5) is 12.4. The van der Waals surface area contributed by atoms with E-state index in [9.17, 15) is 4.79 Å². The van der Waals surface area contributed by atoms with Gasteiger partial charge in [0, 0.05) is 17.8 Å². The molecule has 0 aromatic heterocycles. The van der Waals surface area contributed by atoms with Gasteiger partial charge in [-0.05, 0) is 42.2 Å². The molecule has 0 spiro atoms. The summed E-state index contributed by atoms with van der Waals surface area (Å²) in [6.45, 7) is 5.12. The van der Waals surface area contributed by atoms with E-state index in [1.807, 2.05) is 38.1 Å². The Morgan fingerprint density at radius 2 is 1.92 bits per heavy atom. The lowest BCUT2D eigenvalue weighted by atomic mass is 10.1. The molecule has 2 rings (SSSR count). The first kappa shape index (κ1) is 19.9. The van der Waals surface area contributed by atoms with Gasteiger partial charge in [0.15, 0.2) is 11.5 Å². The first-order valence-electron chi connectivity index (χ1n) is 8.53. The number of amides is 1. The van der Waals surface area contributed by atoms with Crippen LogP contribution < -0.4 is 20.5 Å². The summed E-state index contributed by atoms with van der Waals surface area (Å²) in [5.41, 5.74) is 7.92. The number of carbonyl (C=O) groups excluding carboxylic acids is 1. The SMILES string of the molecule is COc1cc(C(=O)NCCc2ccc(N)cc2)cc(Cl)c1OCC(C)C. The number of anilines is 1. The molecule has 26 heavy (non-hydrogen) atoms. The largest absolute Gasteiger partial charge is 0.493 e. The molecule has 0 atom stereocenters. The third kappa shape index (κ3) is 5.56. The molecule has 0 aliphatic rings. The molecular weight excluding hydrogens is 352 g/mol. The van der Waals surface area contributed by atoms with E-state index >= 15 is 0 Å². The Balaban J connectivity index is 2.01. The van der Waals surface area contributed by atoms with Gasteiger partial charge in [0.25, 0.3) is 5.91 Å². The van der Waals surface area contributed by atoms with E-state index in [2.05, 4.69) is 5.32 Å². The predicted molar refractivity (Wildman–Crippen MR) is 105 cm³/mol. The second-order valence-corrected chi connectivity index (χ2v) is 6.85. The maximum Gasteiger partial charge on any atom is 0.251 e. The number of nitrogens with two attached hydrogens (primary N) is 1. The number of ether oxygens (including phenoxy) is 2. The summed E-state index contributed by atoms with van der Waals surface area (Å²) in [7, 11) is 1.52. The predicted octanol–water partition coefficient (Wildman–Crippen LogP) is 3.94. The van der Waals surface area contributed by atoms with Crippen molar-refractivity contribution in [2.45, 2.75) is 20.3 Å². The highest BCUT2D eigenvalue weighted by atomic mass is 35.5. The van der Waals surface area contributed by atoms with Crippen LogP contribution in [0.15, 0.2) is 36.4 Å². The highest BCUT2D eigenvalue weighted by Gasteiger charge is 2.16. The van der Waals surface area contributed by atoms with Crippen LogP contribution in [0.5, 0.6) is 11.5 Å². The number of hydrogen-bond acceptors (Lipinski definition) is 4. The van der Waals surface area contributed by atoms with Crippen molar-refractivity contribution in [3.8, 4) is 11.5 Å². The van der Waals surface area contributed by atoms with Crippen molar-refractivity contribution >= 4 is 23.2 Å². The first-order valence-corrected chi connectivity index (χ1v) is 8.91. The van der Waals surface area contributed by atoms with E-state index in [1.54, 1.807) is 12.1 Å². The van der Waals surface area contributed by atoms with Crippen LogP contribution in [0.4, 0.5) is 5.69 Å². The quantitative estimate of drug-likeness (QED) is 0.684. The molecule has 0 saturated heterocycles. The van der Waals surface area contributed by atoms with Crippen LogP contribution in [0.1, 0.15) is 29.8 Å². The van der Waals surface area contributed by atoms with Crippen molar-refractivity contribution in [1.82, 2.24) is 5.32 Å². The van der Waals surface area contributed by atoms with Crippen LogP contribution >= 0.6 is 11.6 Å². The number of hydrogen-bond donors (Lipinski definition) is 2. The smallest absolute Gasteiger partial charge is 0.251 e. The zero-order chi connectivity index (χ0) is 19.1. The number of benzene rings is 2. The van der Waals surface area contributed by atoms with Gasteiger partial charge in [-0.3, -0.25) is 4.79 Å². The van der Waals surface area contributed by atoms with Gasteiger partial charge in [0.05, 0.1) is 18.7 Å². The Morgan fingerprint density at radius 1 is 1.23 bits per heavy atom. The Bertz CT molecular complexity index is 745. The Morgan fingerprint density at radius 3 is 2.54 bits per heavy atom. The minimum absolute atomic E-state index is 0.212. The van der Waals surface area contributed by atoms with Crippen LogP contribution in [-0.2, 0) is 6.42 Å². The normalized spacial score (nSPS) is 10.7. The number of halogens is 1. The van der Waals surface area contributed by atoms with Gasteiger partial charge in [-0.1, -0.05) is 37.6 Å². The lowest BCUT2D eigenvalue weighted by molar-refractivity contribution is 0.0953. The molecule has 2 aromatic rings. The average molecular weight is 377 g/mol. The molecule has 0 radical (unpaired) electrons. The van der Waals surface area contributed by atoms with Crippen molar-refractivity contribution in [3.63, 3.8) is 0 Å². The fraction of sp³-hybridized carbons (Fsp3) is 0.350. The van der Waals surface area contributed by atoms with Crippen molar-refractivity contribution in [3.05, 3.63) is 52.5 Å². The molecule has 0 heterocycles. The molecular formula is C20H25ClN2O3. The molecule has 3 N–H and O–H groups in total. The highest BCUT2D eigenvalue weighted by molar-refractivity contribution is 6.32. The summed E-state index contributed by atoms with van der Waals surface area (Å²) >= 11 is 6.29. The standard InChI is InChI=1S/C20H25ClN2O3/c1-13(2)12-26-19-17(21)10-15(11-18(19)25-3)20(24)23-9-8-14-4-6-16(22)7-5-14/h4-7,10-11,13H,8-9,12,22H2,1-3H3,(H,23,24). The van der Waals surface area contributed by atoms with Crippen LogP contribution in [0.2, 0.25) is 5.02 Å². The van der Waals surface area contributed by atoms with Crippen LogP contribution in [0.3, 0.4) is 0 Å². The summed E-state index contributed by atoms with van der Waals surface area (Å²) in [6.07, 6.45) is 0.715. The molecule has 0 unspecified atom stereocenters. The Hall–Kier alpha value is -2.40. The summed E-state index contributed by atoms with van der Waals surface area (Å²) in [5.74, 6) is 1.05. The lowest BCUT2D eigenvalue weighted by Gasteiger charge is -2.15. The number of rotatable bonds is 8. The van der Waals surface area contributed by atoms with Crippen molar-refractivity contribution in [2.75, 3.05) is 26.0 Å². The van der Waals surface area contributed by atoms with Crippen molar-refractivity contribution in [1.29, 1.82) is 0 Å². The molecule has 0 fully saturated rings. The maximum absolute atomic E-state index is 12.4. The van der Waals surface area contributed by atoms with Crippen molar-refractivity contribution in [2.24, 2.45) is 5.92 Å². The molecule has 5 nitrogen and oxygen atoms in total. The molecule has 0 saturated carbocycles. The van der Waals surface area contributed by atoms with E-state index in [1.165, 1.54) is 7.11 Å². The maximum atomic E-state index is 12.4. The van der Waals surface area contributed by atoms with Crippen LogP contribution in [0, 0.1) is 5.92 Å². The van der Waals surface area contributed by atoms with E-state index < -0.39 is 0 Å². The Labute approximate surface area is 159 Å². The molecule has 2 aromatic carbocycles. The zero-order valence-electron chi connectivity index (χ0n) is 15.3. The Kier molecular flexibility index (Phi) is 7.16. The summed E-state index contributed by atoms with van der Waals surface area (Å²) in [5, 5.41) is 3.24. The molecule has 0 aliphatic carbocycles. The highest BCUT2D eigenvalue weighted by Crippen LogP contribution is 2.36. The molecule has 0 bridgehead atoms. The van der Waals surface area contributed by atoms with E-state index in [-0.39, 0.29) is 5.91 Å². The second-order valence-electron chi connectivity index (χ2n) is 6.44. The summed E-state index contributed by atoms with van der Waals surface area (Å²) < 4.78 is 11.0. The van der Waals surface area contributed by atoms with Gasteiger partial charge < -0.3 is 20.5 Å². The molecule has 6 heteroatoms. The van der Waals surface area contributed by atoms with Gasteiger partial charge >= 0.3 is 0 Å². The molecule has 1 amide bonds. The van der Waals surface area contributed by atoms with E-state index in [0.717, 1.165) is 11.3 Å². The number of nitrogens with one attached hydrogen (secondary N) is 1. The van der Waals surface area contributed by atoms with Crippen LogP contribution in [-0.4, -0.2) is 26.2 Å². The van der Waals surface area contributed by atoms with Crippen molar-refractivity contribution < 1.29 is 14.3 Å².